The third kappa shape index (κ3) is 3.00. The van der Waals surface area contributed by atoms with Gasteiger partial charge in [-0.3, -0.25) is 4.79 Å². The molecule has 0 saturated carbocycles. The van der Waals surface area contributed by atoms with Gasteiger partial charge in [0, 0.05) is 21.8 Å². The Kier molecular flexibility index (Phi) is 3.84. The normalized spacial score (nSPS) is 10.2. The van der Waals surface area contributed by atoms with E-state index >= 15 is 0 Å². The van der Waals surface area contributed by atoms with E-state index in [1.54, 1.807) is 30.3 Å². The van der Waals surface area contributed by atoms with Gasteiger partial charge >= 0.3 is 0 Å². The summed E-state index contributed by atoms with van der Waals surface area (Å²) >= 11 is 11.8. The van der Waals surface area contributed by atoms with Gasteiger partial charge in [-0.05, 0) is 36.8 Å². The molecule has 1 aromatic carbocycles. The summed E-state index contributed by atoms with van der Waals surface area (Å²) < 4.78 is 0. The fourth-order valence-corrected chi connectivity index (χ4v) is 1.74. The van der Waals surface area contributed by atoms with Crippen LogP contribution in [0.2, 0.25) is 10.0 Å². The molecule has 0 unspecified atom stereocenters. The minimum Gasteiger partial charge on any atom is -0.307 e. The van der Waals surface area contributed by atoms with Crippen LogP contribution < -0.4 is 5.32 Å². The molecule has 0 saturated heterocycles. The molecule has 0 atom stereocenters. The quantitative estimate of drug-likeness (QED) is 0.905. The van der Waals surface area contributed by atoms with Gasteiger partial charge in [0.2, 0.25) is 0 Å². The average molecular weight is 281 g/mol. The molecular formula is C13H10Cl2N2O. The van der Waals surface area contributed by atoms with Crippen molar-refractivity contribution in [1.82, 2.24) is 4.98 Å². The van der Waals surface area contributed by atoms with E-state index in [-0.39, 0.29) is 5.91 Å². The summed E-state index contributed by atoms with van der Waals surface area (Å²) in [5, 5.41) is 3.73. The second kappa shape index (κ2) is 5.38. The van der Waals surface area contributed by atoms with Gasteiger partial charge in [0.1, 0.15) is 5.82 Å². The molecule has 0 spiro atoms. The van der Waals surface area contributed by atoms with E-state index in [9.17, 15) is 4.79 Å². The number of benzene rings is 1. The molecule has 92 valence electrons. The number of anilines is 1. The molecule has 1 N–H and O–H groups in total. The van der Waals surface area contributed by atoms with Crippen LogP contribution >= 0.6 is 23.2 Å². The summed E-state index contributed by atoms with van der Waals surface area (Å²) in [5.74, 6) is 0.135. The predicted octanol–water partition coefficient (Wildman–Crippen LogP) is 3.95. The Balaban J connectivity index is 2.19. The first-order valence-corrected chi connectivity index (χ1v) is 6.01. The second-order valence-electron chi connectivity index (χ2n) is 3.78. The highest BCUT2D eigenvalue weighted by Gasteiger charge is 2.08. The van der Waals surface area contributed by atoms with Gasteiger partial charge in [-0.1, -0.05) is 29.3 Å². The van der Waals surface area contributed by atoms with Crippen LogP contribution in [0.25, 0.3) is 0 Å². The molecule has 0 fully saturated rings. The van der Waals surface area contributed by atoms with Gasteiger partial charge in [0.25, 0.3) is 5.91 Å². The van der Waals surface area contributed by atoms with E-state index in [1.807, 2.05) is 6.92 Å². The van der Waals surface area contributed by atoms with Crippen LogP contribution in [-0.2, 0) is 0 Å². The molecule has 1 aromatic heterocycles. The van der Waals surface area contributed by atoms with Gasteiger partial charge in [-0.25, -0.2) is 4.98 Å². The fourth-order valence-electron chi connectivity index (χ4n) is 1.40. The maximum atomic E-state index is 11.9. The minimum atomic E-state index is -0.272. The second-order valence-corrected chi connectivity index (χ2v) is 4.62. The van der Waals surface area contributed by atoms with Crippen molar-refractivity contribution in [3.05, 3.63) is 57.7 Å². The fraction of sp³-hybridized carbons (Fsp3) is 0.0769. The molecule has 0 radical (unpaired) electrons. The molecule has 0 bridgehead atoms. The third-order valence-electron chi connectivity index (χ3n) is 2.40. The van der Waals surface area contributed by atoms with Crippen molar-refractivity contribution >= 4 is 34.9 Å². The molecule has 0 aliphatic rings. The molecule has 2 aromatic rings. The van der Waals surface area contributed by atoms with E-state index in [2.05, 4.69) is 10.3 Å². The summed E-state index contributed by atoms with van der Waals surface area (Å²) in [6.07, 6.45) is 1.53. The minimum absolute atomic E-state index is 0.272. The predicted molar refractivity (Wildman–Crippen MR) is 73.4 cm³/mol. The molecular weight excluding hydrogens is 271 g/mol. The topological polar surface area (TPSA) is 42.0 Å². The first-order chi connectivity index (χ1) is 8.56. The molecule has 5 heteroatoms. The van der Waals surface area contributed by atoms with Crippen LogP contribution in [-0.4, -0.2) is 10.9 Å². The Morgan fingerprint density at radius 2 is 2.00 bits per heavy atom. The smallest absolute Gasteiger partial charge is 0.256 e. The van der Waals surface area contributed by atoms with Gasteiger partial charge < -0.3 is 5.32 Å². The Labute approximate surface area is 115 Å². The third-order valence-corrected chi connectivity index (χ3v) is 3.04. The van der Waals surface area contributed by atoms with E-state index in [1.165, 1.54) is 6.20 Å². The highest BCUT2D eigenvalue weighted by atomic mass is 35.5. The zero-order valence-corrected chi connectivity index (χ0v) is 11.1. The molecule has 0 aliphatic heterocycles. The summed E-state index contributed by atoms with van der Waals surface area (Å²) in [7, 11) is 0. The van der Waals surface area contributed by atoms with Crippen molar-refractivity contribution in [2.24, 2.45) is 0 Å². The first kappa shape index (κ1) is 12.9. The maximum Gasteiger partial charge on any atom is 0.256 e. The Morgan fingerprint density at radius 3 is 2.67 bits per heavy atom. The summed E-state index contributed by atoms with van der Waals surface area (Å²) in [4.78, 5) is 15.9. The van der Waals surface area contributed by atoms with Crippen LogP contribution in [0.1, 0.15) is 15.9 Å². The standard InChI is InChI=1S/C13H10Cl2N2O/c1-8-2-3-9(6-11(8)15)13(18)17-12-7-10(14)4-5-16-12/h2-7H,1H3,(H,16,17,18). The van der Waals surface area contributed by atoms with Gasteiger partial charge in [0.05, 0.1) is 0 Å². The lowest BCUT2D eigenvalue weighted by molar-refractivity contribution is 0.102. The Morgan fingerprint density at radius 1 is 1.22 bits per heavy atom. The van der Waals surface area contributed by atoms with Crippen molar-refractivity contribution in [2.75, 3.05) is 5.32 Å². The molecule has 1 heterocycles. The number of carbonyl (C=O) groups excluding carboxylic acids is 1. The summed E-state index contributed by atoms with van der Waals surface area (Å²) in [5.41, 5.74) is 1.40. The number of aryl methyl sites for hydroxylation is 1. The maximum absolute atomic E-state index is 11.9. The van der Waals surface area contributed by atoms with Crippen molar-refractivity contribution in [3.63, 3.8) is 0 Å². The lowest BCUT2D eigenvalue weighted by Gasteiger charge is -2.06. The number of aromatic nitrogens is 1. The Hall–Kier alpha value is -1.58. The highest BCUT2D eigenvalue weighted by molar-refractivity contribution is 6.32. The van der Waals surface area contributed by atoms with Crippen LogP contribution in [0.5, 0.6) is 0 Å². The first-order valence-electron chi connectivity index (χ1n) is 5.25. The van der Waals surface area contributed by atoms with E-state index < -0.39 is 0 Å². The number of nitrogens with one attached hydrogen (secondary N) is 1. The number of hydrogen-bond donors (Lipinski definition) is 1. The monoisotopic (exact) mass is 280 g/mol. The van der Waals surface area contributed by atoms with E-state index in [0.717, 1.165) is 5.56 Å². The van der Waals surface area contributed by atoms with Gasteiger partial charge in [0.15, 0.2) is 0 Å². The summed E-state index contributed by atoms with van der Waals surface area (Å²) in [6.45, 7) is 1.88. The van der Waals surface area contributed by atoms with E-state index in [0.29, 0.717) is 21.4 Å². The number of pyridine rings is 1. The van der Waals surface area contributed by atoms with Crippen molar-refractivity contribution in [3.8, 4) is 0 Å². The number of nitrogens with zero attached hydrogens (tertiary/aromatic N) is 1. The average Bonchev–Trinajstić information content (AvgIpc) is 2.32. The van der Waals surface area contributed by atoms with Crippen molar-refractivity contribution < 1.29 is 4.79 Å². The number of rotatable bonds is 2. The Bertz CT molecular complexity index is 599. The van der Waals surface area contributed by atoms with Gasteiger partial charge in [-0.15, -0.1) is 0 Å². The number of hydrogen-bond acceptors (Lipinski definition) is 2. The lowest BCUT2D eigenvalue weighted by Crippen LogP contribution is -2.12. The number of carbonyl (C=O) groups is 1. The summed E-state index contributed by atoms with van der Waals surface area (Å²) in [6, 6.07) is 8.34. The van der Waals surface area contributed by atoms with Crippen LogP contribution in [0.15, 0.2) is 36.5 Å². The van der Waals surface area contributed by atoms with Crippen LogP contribution in [0.4, 0.5) is 5.82 Å². The van der Waals surface area contributed by atoms with Crippen LogP contribution in [0.3, 0.4) is 0 Å². The lowest BCUT2D eigenvalue weighted by atomic mass is 10.1. The highest BCUT2D eigenvalue weighted by Crippen LogP contribution is 2.18. The SMILES string of the molecule is Cc1ccc(C(=O)Nc2cc(Cl)ccn2)cc1Cl. The van der Waals surface area contributed by atoms with Crippen molar-refractivity contribution in [1.29, 1.82) is 0 Å². The molecule has 0 aliphatic carbocycles. The molecule has 3 nitrogen and oxygen atoms in total. The van der Waals surface area contributed by atoms with E-state index in [4.69, 9.17) is 23.2 Å². The zero-order valence-electron chi connectivity index (χ0n) is 9.58. The zero-order chi connectivity index (χ0) is 13.1. The largest absolute Gasteiger partial charge is 0.307 e. The molecule has 1 amide bonds. The number of halogens is 2. The van der Waals surface area contributed by atoms with Crippen LogP contribution in [0, 0.1) is 6.92 Å². The number of amides is 1. The van der Waals surface area contributed by atoms with Crippen molar-refractivity contribution in [2.45, 2.75) is 6.92 Å². The van der Waals surface area contributed by atoms with Gasteiger partial charge in [-0.2, -0.15) is 0 Å². The molecule has 18 heavy (non-hydrogen) atoms. The molecule has 2 rings (SSSR count).